The first-order chi connectivity index (χ1) is 8.99. The van der Waals surface area contributed by atoms with Crippen LogP contribution in [-0.2, 0) is 0 Å². The Hall–Kier alpha value is -0.440. The smallest absolute Gasteiger partial charge is 0.141 e. The molecule has 2 nitrogen and oxygen atoms in total. The van der Waals surface area contributed by atoms with Crippen LogP contribution in [0.5, 0.6) is 5.75 Å². The van der Waals surface area contributed by atoms with E-state index in [4.69, 9.17) is 33.7 Å². The lowest BCUT2D eigenvalue weighted by Gasteiger charge is -2.21. The molecule has 2 atom stereocenters. The Morgan fingerprint density at radius 2 is 1.89 bits per heavy atom. The summed E-state index contributed by atoms with van der Waals surface area (Å²) in [6.07, 6.45) is 3.02. The van der Waals surface area contributed by atoms with E-state index in [0.717, 1.165) is 30.6 Å². The average Bonchev–Trinajstić information content (AvgIpc) is 2.33. The van der Waals surface area contributed by atoms with Gasteiger partial charge in [-0.3, -0.25) is 0 Å². The molecule has 19 heavy (non-hydrogen) atoms. The van der Waals surface area contributed by atoms with Crippen LogP contribution in [0, 0.1) is 0 Å². The molecule has 2 N–H and O–H groups in total. The highest BCUT2D eigenvalue weighted by molar-refractivity contribution is 6.35. The molecule has 108 valence electrons. The maximum absolute atomic E-state index is 6.24. The lowest BCUT2D eigenvalue weighted by atomic mass is 9.90. The minimum Gasteiger partial charge on any atom is -0.492 e. The first kappa shape index (κ1) is 16.6. The fraction of sp³-hybridized carbons (Fsp3) is 0.600. The minimum atomic E-state index is 0.208. The van der Waals surface area contributed by atoms with Crippen LogP contribution in [0.15, 0.2) is 12.1 Å². The highest BCUT2D eigenvalue weighted by Crippen LogP contribution is 2.39. The lowest BCUT2D eigenvalue weighted by molar-refractivity contribution is 0.332. The number of benzene rings is 1. The summed E-state index contributed by atoms with van der Waals surface area (Å²) in [5, 5.41) is 1.24. The van der Waals surface area contributed by atoms with Gasteiger partial charge in [0.25, 0.3) is 0 Å². The highest BCUT2D eigenvalue weighted by Gasteiger charge is 2.18. The number of hydrogen-bond acceptors (Lipinski definition) is 2. The van der Waals surface area contributed by atoms with Crippen molar-refractivity contribution in [2.45, 2.75) is 52.0 Å². The van der Waals surface area contributed by atoms with E-state index < -0.39 is 0 Å². The Balaban J connectivity index is 3.06. The van der Waals surface area contributed by atoms with Crippen molar-refractivity contribution in [3.63, 3.8) is 0 Å². The molecule has 4 heteroatoms. The second-order valence-electron chi connectivity index (χ2n) is 4.90. The summed E-state index contributed by atoms with van der Waals surface area (Å²) in [5.74, 6) is 1.15. The number of nitrogens with two attached hydrogens (primary N) is 1. The highest BCUT2D eigenvalue weighted by atomic mass is 35.5. The van der Waals surface area contributed by atoms with Crippen molar-refractivity contribution in [2.75, 3.05) is 6.61 Å². The molecule has 1 rings (SSSR count). The number of rotatable bonds is 7. The Labute approximate surface area is 126 Å². The van der Waals surface area contributed by atoms with Gasteiger partial charge in [-0.25, -0.2) is 0 Å². The quantitative estimate of drug-likeness (QED) is 0.768. The molecule has 1 aromatic carbocycles. The van der Waals surface area contributed by atoms with Gasteiger partial charge >= 0.3 is 0 Å². The largest absolute Gasteiger partial charge is 0.492 e. The maximum Gasteiger partial charge on any atom is 0.141 e. The molecule has 0 radical (unpaired) electrons. The van der Waals surface area contributed by atoms with E-state index in [2.05, 4.69) is 6.92 Å². The monoisotopic (exact) mass is 303 g/mol. The summed E-state index contributed by atoms with van der Waals surface area (Å²) in [4.78, 5) is 0. The molecule has 0 aliphatic heterocycles. The molecular weight excluding hydrogens is 281 g/mol. The Bertz CT molecular complexity index is 407. The van der Waals surface area contributed by atoms with Crippen molar-refractivity contribution in [2.24, 2.45) is 5.73 Å². The second-order valence-corrected chi connectivity index (χ2v) is 5.74. The molecule has 0 aliphatic rings. The fourth-order valence-electron chi connectivity index (χ4n) is 2.22. The average molecular weight is 304 g/mol. The van der Waals surface area contributed by atoms with Crippen LogP contribution in [0.1, 0.15) is 51.5 Å². The normalized spacial score (nSPS) is 14.2. The van der Waals surface area contributed by atoms with Crippen LogP contribution in [0.3, 0.4) is 0 Å². The Morgan fingerprint density at radius 3 is 2.42 bits per heavy atom. The topological polar surface area (TPSA) is 35.2 Å². The van der Waals surface area contributed by atoms with Gasteiger partial charge in [0.05, 0.1) is 11.6 Å². The van der Waals surface area contributed by atoms with Gasteiger partial charge < -0.3 is 10.5 Å². The Kier molecular flexibility index (Phi) is 6.98. The van der Waals surface area contributed by atoms with Gasteiger partial charge in [-0.2, -0.15) is 0 Å². The molecule has 0 aliphatic carbocycles. The summed E-state index contributed by atoms with van der Waals surface area (Å²) in [7, 11) is 0. The first-order valence-corrected chi connectivity index (χ1v) is 7.62. The van der Waals surface area contributed by atoms with Crippen molar-refractivity contribution < 1.29 is 4.74 Å². The second kappa shape index (κ2) is 7.98. The third-order valence-electron chi connectivity index (χ3n) is 3.23. The van der Waals surface area contributed by atoms with Crippen molar-refractivity contribution in [1.29, 1.82) is 0 Å². The molecule has 0 bridgehead atoms. The lowest BCUT2D eigenvalue weighted by Crippen LogP contribution is -2.16. The van der Waals surface area contributed by atoms with E-state index in [1.807, 2.05) is 19.9 Å². The van der Waals surface area contributed by atoms with Gasteiger partial charge in [0.2, 0.25) is 0 Å². The molecule has 0 fully saturated rings. The molecule has 0 amide bonds. The van der Waals surface area contributed by atoms with Crippen molar-refractivity contribution in [1.82, 2.24) is 0 Å². The third kappa shape index (κ3) is 4.87. The van der Waals surface area contributed by atoms with Crippen LogP contribution < -0.4 is 10.5 Å². The molecule has 0 heterocycles. The number of halogens is 2. The maximum atomic E-state index is 6.24. The van der Waals surface area contributed by atoms with Gasteiger partial charge in [-0.05, 0) is 51.2 Å². The summed E-state index contributed by atoms with van der Waals surface area (Å²) in [5.41, 5.74) is 6.95. The summed E-state index contributed by atoms with van der Waals surface area (Å²) < 4.78 is 5.69. The zero-order chi connectivity index (χ0) is 14.4. The van der Waals surface area contributed by atoms with Crippen molar-refractivity contribution in [3.8, 4) is 5.75 Å². The molecule has 1 aromatic rings. The molecule has 0 saturated carbocycles. The van der Waals surface area contributed by atoms with Crippen LogP contribution in [-0.4, -0.2) is 12.6 Å². The molecule has 2 unspecified atom stereocenters. The van der Waals surface area contributed by atoms with Crippen molar-refractivity contribution >= 4 is 23.2 Å². The zero-order valence-corrected chi connectivity index (χ0v) is 13.4. The standard InChI is InChI=1S/C15H23Cl2NO/c1-4-11(7-6-10(3)18)13-8-12(16)9-14(17)15(13)19-5-2/h8-11H,4-7,18H2,1-3H3. The van der Waals surface area contributed by atoms with Gasteiger partial charge in [0, 0.05) is 16.6 Å². The van der Waals surface area contributed by atoms with Crippen molar-refractivity contribution in [3.05, 3.63) is 27.7 Å². The fourth-order valence-corrected chi connectivity index (χ4v) is 2.79. The van der Waals surface area contributed by atoms with E-state index in [-0.39, 0.29) is 6.04 Å². The van der Waals surface area contributed by atoms with E-state index in [1.165, 1.54) is 0 Å². The zero-order valence-electron chi connectivity index (χ0n) is 11.9. The van der Waals surface area contributed by atoms with E-state index >= 15 is 0 Å². The summed E-state index contributed by atoms with van der Waals surface area (Å²) in [6.45, 7) is 6.74. The molecule has 0 saturated heterocycles. The first-order valence-electron chi connectivity index (χ1n) is 6.86. The van der Waals surface area contributed by atoms with Gasteiger partial charge in [0.15, 0.2) is 0 Å². The minimum absolute atomic E-state index is 0.208. The van der Waals surface area contributed by atoms with Crippen LogP contribution in [0.4, 0.5) is 0 Å². The van der Waals surface area contributed by atoms with Crippen LogP contribution in [0.2, 0.25) is 10.0 Å². The predicted octanol–water partition coefficient (Wildman–Crippen LogP) is 5.01. The molecular formula is C15H23Cl2NO. The van der Waals surface area contributed by atoms with E-state index in [1.54, 1.807) is 6.07 Å². The van der Waals surface area contributed by atoms with E-state index in [0.29, 0.717) is 22.6 Å². The summed E-state index contributed by atoms with van der Waals surface area (Å²) >= 11 is 12.4. The summed E-state index contributed by atoms with van der Waals surface area (Å²) in [6, 6.07) is 3.91. The molecule has 0 aromatic heterocycles. The SMILES string of the molecule is CCOc1c(Cl)cc(Cl)cc1C(CC)CCC(C)N. The van der Waals surface area contributed by atoms with Gasteiger partial charge in [-0.15, -0.1) is 0 Å². The number of ether oxygens (including phenoxy) is 1. The predicted molar refractivity (Wildman–Crippen MR) is 83.5 cm³/mol. The van der Waals surface area contributed by atoms with Gasteiger partial charge in [0.1, 0.15) is 5.75 Å². The van der Waals surface area contributed by atoms with Crippen LogP contribution in [0.25, 0.3) is 0 Å². The third-order valence-corrected chi connectivity index (χ3v) is 3.73. The van der Waals surface area contributed by atoms with Gasteiger partial charge in [-0.1, -0.05) is 30.1 Å². The van der Waals surface area contributed by atoms with Crippen LogP contribution >= 0.6 is 23.2 Å². The number of hydrogen-bond donors (Lipinski definition) is 1. The van der Waals surface area contributed by atoms with E-state index in [9.17, 15) is 0 Å². The Morgan fingerprint density at radius 1 is 1.21 bits per heavy atom. The molecule has 0 spiro atoms.